The first-order chi connectivity index (χ1) is 28.5. The third-order valence-electron chi connectivity index (χ3n) is 16.4. The first-order valence-electron chi connectivity index (χ1n) is 23.7. The van der Waals surface area contributed by atoms with E-state index in [0.29, 0.717) is 16.7 Å². The zero-order valence-corrected chi connectivity index (χ0v) is 42.4. The number of benzene rings is 4. The van der Waals surface area contributed by atoms with Gasteiger partial charge in [0.15, 0.2) is 0 Å². The van der Waals surface area contributed by atoms with Crippen molar-refractivity contribution >= 4 is 27.0 Å². The standard InChI is InChI=1S/C28H31.C27H29.C2H6Si.2ClH.Zr/c1-18(2)24-13-23-4-3-5-26(27(23)14-24)22-6-8-25(9-7-22)28-15-19-10-20(16-28)12-21(11-19)17-28;1-2-18-13-23-4-3-5-25(26(23)14-18)22-6-8-24(9-7-22)27-15-19-10-20(16-27)12-21(11-19)17-27;1-3-2;;;/h3-9,13-14,18-21H,10-12,15-17H2,1-2H3;3-9,13-14,19-21H,2,10-12,15-17H2,1H3;1-2H3;2*1H;/q2*-1;;;;+2/p-2. The van der Waals surface area contributed by atoms with Gasteiger partial charge in [-0.15, -0.1) is 69.1 Å². The van der Waals surface area contributed by atoms with Gasteiger partial charge in [-0.3, -0.25) is 0 Å². The zero-order chi connectivity index (χ0) is 40.5. The molecule has 8 aliphatic carbocycles. The number of hydrogen-bond donors (Lipinski definition) is 0. The molecule has 0 heterocycles. The molecule has 8 bridgehead atoms. The van der Waals surface area contributed by atoms with E-state index in [1.165, 1.54) is 132 Å². The molecule has 4 heteroatoms. The summed E-state index contributed by atoms with van der Waals surface area (Å²) >= 11 is 1.74. The van der Waals surface area contributed by atoms with Gasteiger partial charge in [0.2, 0.25) is 0 Å². The van der Waals surface area contributed by atoms with Crippen LogP contribution in [0.1, 0.15) is 126 Å². The van der Waals surface area contributed by atoms with Gasteiger partial charge in [-0.25, -0.2) is 0 Å². The van der Waals surface area contributed by atoms with E-state index < -0.39 is 0 Å². The van der Waals surface area contributed by atoms with E-state index in [-0.39, 0.29) is 30.2 Å². The van der Waals surface area contributed by atoms with Gasteiger partial charge >= 0.3 is 41.9 Å². The summed E-state index contributed by atoms with van der Waals surface area (Å²) < 4.78 is 0. The molecule has 0 spiro atoms. The number of halogens is 2. The van der Waals surface area contributed by atoms with Crippen LogP contribution in [-0.4, -0.2) is 5.43 Å². The van der Waals surface area contributed by atoms with E-state index in [2.05, 4.69) is 143 Å². The number of aryl methyl sites for hydroxylation is 1. The van der Waals surface area contributed by atoms with Crippen molar-refractivity contribution < 1.29 is 48.1 Å². The third kappa shape index (κ3) is 8.94. The molecule has 14 rings (SSSR count). The SMILES string of the molecule is CC(C)c1cc2c(-c3ccc(C45CC6CC(CC(C6)C4)C5)cc3)cccc2[cH-]1.CCc1cc2c(-c3ccc(C45CC6CC(CC(C6)C4)C5)cc3)cccc2[cH-]1.C[Si](C)=[Zr+2].[Cl-].[Cl-]. The Morgan fingerprint density at radius 3 is 1.28 bits per heavy atom. The molecule has 0 unspecified atom stereocenters. The van der Waals surface area contributed by atoms with Crippen LogP contribution < -0.4 is 24.8 Å². The smallest absolute Gasteiger partial charge is 1.00 e. The van der Waals surface area contributed by atoms with Gasteiger partial charge in [0.05, 0.1) is 0 Å². The van der Waals surface area contributed by atoms with Gasteiger partial charge in [0.1, 0.15) is 0 Å². The third-order valence-corrected chi connectivity index (χ3v) is 16.4. The summed E-state index contributed by atoms with van der Waals surface area (Å²) in [6, 6.07) is 42.6. The molecule has 61 heavy (non-hydrogen) atoms. The molecular formula is C57H66Cl2SiZr-2. The topological polar surface area (TPSA) is 0 Å². The van der Waals surface area contributed by atoms with E-state index in [4.69, 9.17) is 0 Å². The van der Waals surface area contributed by atoms with Crippen molar-refractivity contribution in [1.82, 2.24) is 0 Å². The number of fused-ring (bicyclic) bond motifs is 2. The van der Waals surface area contributed by atoms with Crippen LogP contribution in [-0.2, 0) is 40.6 Å². The van der Waals surface area contributed by atoms with Crippen molar-refractivity contribution in [1.29, 1.82) is 0 Å². The maximum absolute atomic E-state index is 2.48. The summed E-state index contributed by atoms with van der Waals surface area (Å²) in [5.41, 5.74) is 12.9. The monoisotopic (exact) mass is 938 g/mol. The fraction of sp³-hybridized carbons (Fsp3) is 0.474. The summed E-state index contributed by atoms with van der Waals surface area (Å²) in [6.45, 7) is 11.4. The van der Waals surface area contributed by atoms with Crippen molar-refractivity contribution in [2.24, 2.45) is 35.5 Å². The Balaban J connectivity index is 0.000000151. The van der Waals surface area contributed by atoms with Crippen molar-refractivity contribution in [3.8, 4) is 22.3 Å². The van der Waals surface area contributed by atoms with Crippen LogP contribution in [0.4, 0.5) is 0 Å². The van der Waals surface area contributed by atoms with Crippen LogP contribution in [0.3, 0.4) is 0 Å². The molecule has 6 aromatic rings. The number of rotatable bonds is 6. The maximum atomic E-state index is 2.48. The molecule has 318 valence electrons. The fourth-order valence-electron chi connectivity index (χ4n) is 14.5. The van der Waals surface area contributed by atoms with E-state index in [0.717, 1.165) is 41.9 Å². The van der Waals surface area contributed by atoms with Gasteiger partial charge in [-0.1, -0.05) is 92.6 Å². The summed E-state index contributed by atoms with van der Waals surface area (Å²) in [7, 11) is 0. The predicted octanol–water partition coefficient (Wildman–Crippen LogP) is 9.87. The molecule has 6 aromatic carbocycles. The molecule has 0 radical (unpaired) electrons. The van der Waals surface area contributed by atoms with E-state index in [9.17, 15) is 0 Å². The second-order valence-corrected chi connectivity index (χ2v) is 30.7. The predicted molar refractivity (Wildman–Crippen MR) is 251 cm³/mol. The zero-order valence-electron chi connectivity index (χ0n) is 37.4. The van der Waals surface area contributed by atoms with Crippen LogP contribution >= 0.6 is 0 Å². The van der Waals surface area contributed by atoms with Gasteiger partial charge in [0.25, 0.3) is 0 Å². The largest absolute Gasteiger partial charge is 1.00 e. The van der Waals surface area contributed by atoms with E-state index in [1.807, 2.05) is 0 Å². The van der Waals surface area contributed by atoms with Crippen molar-refractivity contribution in [2.75, 3.05) is 0 Å². The molecule has 0 aliphatic heterocycles. The molecule has 0 amide bonds. The first kappa shape index (κ1) is 45.4. The number of hydrogen-bond acceptors (Lipinski definition) is 0. The Morgan fingerprint density at radius 1 is 0.557 bits per heavy atom. The van der Waals surface area contributed by atoms with Crippen LogP contribution in [0.5, 0.6) is 0 Å². The summed E-state index contributed by atoms with van der Waals surface area (Å²) in [5.74, 6) is 6.67. The minimum atomic E-state index is 0. The molecule has 8 fully saturated rings. The average molecular weight is 941 g/mol. The van der Waals surface area contributed by atoms with Crippen molar-refractivity contribution in [2.45, 2.75) is 134 Å². The van der Waals surface area contributed by atoms with Crippen molar-refractivity contribution in [3.05, 3.63) is 131 Å². The molecule has 8 saturated carbocycles. The van der Waals surface area contributed by atoms with E-state index in [1.54, 1.807) is 34.5 Å². The Labute approximate surface area is 395 Å². The fourth-order valence-corrected chi connectivity index (χ4v) is 14.5. The van der Waals surface area contributed by atoms with Gasteiger partial charge in [-0.2, -0.15) is 12.1 Å². The summed E-state index contributed by atoms with van der Waals surface area (Å²) in [4.78, 5) is 0. The molecule has 0 N–H and O–H groups in total. The van der Waals surface area contributed by atoms with Crippen LogP contribution in [0, 0.1) is 35.5 Å². The normalized spacial score (nSPS) is 28.8. The maximum Gasteiger partial charge on any atom is -1.00 e. The van der Waals surface area contributed by atoms with Gasteiger partial charge in [0, 0.05) is 0 Å². The molecule has 0 nitrogen and oxygen atoms in total. The molecule has 0 saturated heterocycles. The quantitative estimate of drug-likeness (QED) is 0.115. The Bertz CT molecular complexity index is 2390. The summed E-state index contributed by atoms with van der Waals surface area (Å²) in [5, 5.41) is 5.59. The Kier molecular flexibility index (Phi) is 13.6. The minimum absolute atomic E-state index is 0. The van der Waals surface area contributed by atoms with Gasteiger partial charge in [-0.05, 0) is 158 Å². The minimum Gasteiger partial charge on any atom is -1.00 e. The van der Waals surface area contributed by atoms with E-state index >= 15 is 0 Å². The van der Waals surface area contributed by atoms with Crippen LogP contribution in [0.15, 0.2) is 109 Å². The second-order valence-electron chi connectivity index (χ2n) is 21.3. The average Bonchev–Trinajstić information content (AvgIpc) is 3.85. The molecular weight excluding hydrogens is 875 g/mol. The molecule has 0 aromatic heterocycles. The van der Waals surface area contributed by atoms with Gasteiger partial charge < -0.3 is 24.8 Å². The molecule has 8 aliphatic rings. The van der Waals surface area contributed by atoms with Crippen LogP contribution in [0.2, 0.25) is 13.1 Å². The van der Waals surface area contributed by atoms with Crippen LogP contribution in [0.25, 0.3) is 43.8 Å². The second kappa shape index (κ2) is 18.3. The summed E-state index contributed by atoms with van der Waals surface area (Å²) in [6.07, 6.45) is 19.0. The Hall–Kier alpha value is -2.22. The first-order valence-corrected chi connectivity index (χ1v) is 29.9. The van der Waals surface area contributed by atoms with Crippen molar-refractivity contribution in [3.63, 3.8) is 0 Å². The molecule has 0 atom stereocenters. The Morgan fingerprint density at radius 2 is 0.918 bits per heavy atom.